The molecule has 144 valence electrons. The summed E-state index contributed by atoms with van der Waals surface area (Å²) in [7, 11) is 0. The van der Waals surface area contributed by atoms with Gasteiger partial charge in [-0.15, -0.1) is 0 Å². The van der Waals surface area contributed by atoms with Crippen molar-refractivity contribution in [2.75, 3.05) is 33.0 Å². The van der Waals surface area contributed by atoms with Crippen molar-refractivity contribution in [2.45, 2.75) is 13.3 Å². The fourth-order valence-electron chi connectivity index (χ4n) is 2.59. The fourth-order valence-corrected chi connectivity index (χ4v) is 2.59. The summed E-state index contributed by atoms with van der Waals surface area (Å²) in [5.41, 5.74) is 1.14. The maximum Gasteiger partial charge on any atom is 0.287 e. The van der Waals surface area contributed by atoms with E-state index in [0.717, 1.165) is 30.0 Å². The van der Waals surface area contributed by atoms with Crippen LogP contribution >= 0.6 is 0 Å². The van der Waals surface area contributed by atoms with Gasteiger partial charge in [-0.25, -0.2) is 0 Å². The van der Waals surface area contributed by atoms with Crippen molar-refractivity contribution in [3.05, 3.63) is 47.9 Å². The third-order valence-corrected chi connectivity index (χ3v) is 3.90. The van der Waals surface area contributed by atoms with Crippen LogP contribution in [0.2, 0.25) is 0 Å². The molecule has 27 heavy (non-hydrogen) atoms. The number of guanidine groups is 1. The standard InChI is InChI=1S/C19H24N4O4/c1-2-20-19(23-10-9-21-18(24)16-4-3-11-25-16)22-8-7-14-5-6-15-17(12-14)27-13-26-15/h3-6,11-12H,2,7-10,13H2,1H3,(H,21,24)(H2,20,22,23). The van der Waals surface area contributed by atoms with Crippen LogP contribution in [0.3, 0.4) is 0 Å². The van der Waals surface area contributed by atoms with E-state index < -0.39 is 0 Å². The van der Waals surface area contributed by atoms with Gasteiger partial charge in [0.1, 0.15) is 0 Å². The minimum Gasteiger partial charge on any atom is -0.459 e. The lowest BCUT2D eigenvalue weighted by molar-refractivity contribution is 0.0926. The molecule has 0 saturated carbocycles. The van der Waals surface area contributed by atoms with E-state index in [0.29, 0.717) is 31.4 Å². The number of hydrogen-bond donors (Lipinski definition) is 3. The molecule has 0 spiro atoms. The Morgan fingerprint density at radius 3 is 2.78 bits per heavy atom. The molecule has 8 nitrogen and oxygen atoms in total. The Morgan fingerprint density at radius 2 is 1.96 bits per heavy atom. The van der Waals surface area contributed by atoms with E-state index in [9.17, 15) is 4.79 Å². The minimum absolute atomic E-state index is 0.230. The van der Waals surface area contributed by atoms with Crippen molar-refractivity contribution in [3.63, 3.8) is 0 Å². The van der Waals surface area contributed by atoms with E-state index in [-0.39, 0.29) is 12.7 Å². The van der Waals surface area contributed by atoms with Gasteiger partial charge in [-0.2, -0.15) is 0 Å². The summed E-state index contributed by atoms with van der Waals surface area (Å²) in [6, 6.07) is 9.25. The Labute approximate surface area is 157 Å². The maximum absolute atomic E-state index is 11.8. The SMILES string of the molecule is CCNC(=NCCc1ccc2c(c1)OCO2)NCCNC(=O)c1ccco1. The highest BCUT2D eigenvalue weighted by Crippen LogP contribution is 2.32. The molecule has 3 rings (SSSR count). The number of nitrogens with one attached hydrogen (secondary N) is 3. The van der Waals surface area contributed by atoms with Crippen LogP contribution in [0.15, 0.2) is 46.0 Å². The smallest absolute Gasteiger partial charge is 0.287 e. The Hall–Kier alpha value is -3.16. The number of carbonyl (C=O) groups excluding carboxylic acids is 1. The van der Waals surface area contributed by atoms with Gasteiger partial charge in [0.25, 0.3) is 5.91 Å². The first kappa shape index (κ1) is 18.6. The van der Waals surface area contributed by atoms with E-state index in [1.165, 1.54) is 6.26 Å². The van der Waals surface area contributed by atoms with Gasteiger partial charge in [-0.1, -0.05) is 6.07 Å². The van der Waals surface area contributed by atoms with Crippen LogP contribution in [0.4, 0.5) is 0 Å². The summed E-state index contributed by atoms with van der Waals surface area (Å²) in [6.45, 7) is 4.70. The molecular formula is C19H24N4O4. The number of hydrogen-bond acceptors (Lipinski definition) is 5. The normalized spacial score (nSPS) is 12.7. The van der Waals surface area contributed by atoms with E-state index in [1.807, 2.05) is 25.1 Å². The largest absolute Gasteiger partial charge is 0.459 e. The second kappa shape index (κ2) is 9.51. The third-order valence-electron chi connectivity index (χ3n) is 3.90. The molecule has 1 aromatic carbocycles. The molecule has 2 aromatic rings. The summed E-state index contributed by atoms with van der Waals surface area (Å²) < 4.78 is 15.8. The highest BCUT2D eigenvalue weighted by atomic mass is 16.7. The number of ether oxygens (including phenoxy) is 2. The summed E-state index contributed by atoms with van der Waals surface area (Å²) in [5, 5.41) is 9.17. The average molecular weight is 372 g/mol. The van der Waals surface area contributed by atoms with Crippen molar-refractivity contribution < 1.29 is 18.7 Å². The topological polar surface area (TPSA) is 97.1 Å². The molecule has 1 aliphatic heterocycles. The van der Waals surface area contributed by atoms with E-state index >= 15 is 0 Å². The lowest BCUT2D eigenvalue weighted by atomic mass is 10.1. The molecule has 0 saturated heterocycles. The predicted octanol–water partition coefficient (Wildman–Crippen LogP) is 1.54. The second-order valence-electron chi connectivity index (χ2n) is 5.86. The zero-order valence-electron chi connectivity index (χ0n) is 15.3. The molecule has 8 heteroatoms. The van der Waals surface area contributed by atoms with E-state index in [4.69, 9.17) is 13.9 Å². The van der Waals surface area contributed by atoms with Gasteiger partial charge in [-0.05, 0) is 43.2 Å². The van der Waals surface area contributed by atoms with Gasteiger partial charge in [0, 0.05) is 26.2 Å². The van der Waals surface area contributed by atoms with E-state index in [1.54, 1.807) is 12.1 Å². The molecule has 3 N–H and O–H groups in total. The first-order valence-corrected chi connectivity index (χ1v) is 8.98. The van der Waals surface area contributed by atoms with Gasteiger partial charge < -0.3 is 29.8 Å². The molecule has 1 aliphatic rings. The first-order chi connectivity index (χ1) is 13.3. The highest BCUT2D eigenvalue weighted by Gasteiger charge is 2.12. The zero-order chi connectivity index (χ0) is 18.9. The Balaban J connectivity index is 1.41. The highest BCUT2D eigenvalue weighted by molar-refractivity contribution is 5.91. The van der Waals surface area contributed by atoms with Crippen molar-refractivity contribution >= 4 is 11.9 Å². The Bertz CT molecular complexity index is 774. The molecule has 0 radical (unpaired) electrons. The average Bonchev–Trinajstić information content (AvgIpc) is 3.36. The van der Waals surface area contributed by atoms with Crippen LogP contribution in [-0.4, -0.2) is 44.8 Å². The lowest BCUT2D eigenvalue weighted by Crippen LogP contribution is -2.41. The number of aliphatic imine (C=N–C) groups is 1. The third kappa shape index (κ3) is 5.40. The lowest BCUT2D eigenvalue weighted by Gasteiger charge is -2.11. The molecule has 2 heterocycles. The molecule has 0 unspecified atom stereocenters. The molecule has 0 fully saturated rings. The number of benzene rings is 1. The number of nitrogens with zero attached hydrogens (tertiary/aromatic N) is 1. The summed E-state index contributed by atoms with van der Waals surface area (Å²) in [4.78, 5) is 16.3. The quantitative estimate of drug-likeness (QED) is 0.369. The van der Waals surface area contributed by atoms with Crippen LogP contribution in [-0.2, 0) is 6.42 Å². The summed E-state index contributed by atoms with van der Waals surface area (Å²) in [6.07, 6.45) is 2.27. The van der Waals surface area contributed by atoms with Gasteiger partial charge in [0.15, 0.2) is 23.2 Å². The van der Waals surface area contributed by atoms with E-state index in [2.05, 4.69) is 20.9 Å². The number of furan rings is 1. The first-order valence-electron chi connectivity index (χ1n) is 8.98. The number of amides is 1. The minimum atomic E-state index is -0.230. The molecule has 0 atom stereocenters. The molecular weight excluding hydrogens is 348 g/mol. The Kier molecular flexibility index (Phi) is 6.56. The van der Waals surface area contributed by atoms with Gasteiger partial charge in [0.05, 0.1) is 6.26 Å². The van der Waals surface area contributed by atoms with Gasteiger partial charge >= 0.3 is 0 Å². The van der Waals surface area contributed by atoms with Crippen LogP contribution in [0.1, 0.15) is 23.0 Å². The number of carbonyl (C=O) groups is 1. The maximum atomic E-state index is 11.8. The predicted molar refractivity (Wildman–Crippen MR) is 101 cm³/mol. The van der Waals surface area contributed by atoms with Gasteiger partial charge in [0.2, 0.25) is 6.79 Å². The fraction of sp³-hybridized carbons (Fsp3) is 0.368. The van der Waals surface area contributed by atoms with Crippen molar-refractivity contribution in [1.82, 2.24) is 16.0 Å². The molecule has 1 aromatic heterocycles. The molecule has 0 aliphatic carbocycles. The van der Waals surface area contributed by atoms with Gasteiger partial charge in [-0.3, -0.25) is 9.79 Å². The number of rotatable bonds is 8. The monoisotopic (exact) mass is 372 g/mol. The van der Waals surface area contributed by atoms with Crippen LogP contribution < -0.4 is 25.4 Å². The summed E-state index contributed by atoms with van der Waals surface area (Å²) >= 11 is 0. The molecule has 1 amide bonds. The Morgan fingerprint density at radius 1 is 1.11 bits per heavy atom. The summed E-state index contributed by atoms with van der Waals surface area (Å²) in [5.74, 6) is 2.36. The number of fused-ring (bicyclic) bond motifs is 1. The van der Waals surface area contributed by atoms with Crippen molar-refractivity contribution in [2.24, 2.45) is 4.99 Å². The van der Waals surface area contributed by atoms with Crippen molar-refractivity contribution in [3.8, 4) is 11.5 Å². The van der Waals surface area contributed by atoms with Crippen LogP contribution in [0.25, 0.3) is 0 Å². The second-order valence-corrected chi connectivity index (χ2v) is 5.86. The van der Waals surface area contributed by atoms with Crippen LogP contribution in [0, 0.1) is 0 Å². The zero-order valence-corrected chi connectivity index (χ0v) is 15.3. The molecule has 0 bridgehead atoms. The van der Waals surface area contributed by atoms with Crippen molar-refractivity contribution in [1.29, 1.82) is 0 Å². The van der Waals surface area contributed by atoms with Crippen LogP contribution in [0.5, 0.6) is 11.5 Å².